The highest BCUT2D eigenvalue weighted by Crippen LogP contribution is 2.33. The van der Waals surface area contributed by atoms with Crippen molar-refractivity contribution in [2.24, 2.45) is 0 Å². The minimum absolute atomic E-state index is 0.0835. The molecule has 0 saturated carbocycles. The van der Waals surface area contributed by atoms with Gasteiger partial charge in [0.25, 0.3) is 0 Å². The highest BCUT2D eigenvalue weighted by atomic mass is 16.8. The van der Waals surface area contributed by atoms with Gasteiger partial charge in [-0.05, 0) is 56.6 Å². The Morgan fingerprint density at radius 3 is 2.91 bits per heavy atom. The number of rotatable bonds is 11. The van der Waals surface area contributed by atoms with E-state index < -0.39 is 0 Å². The first-order chi connectivity index (χ1) is 16.1. The molecular formula is C26H37N3O4. The van der Waals surface area contributed by atoms with Crippen LogP contribution in [0.1, 0.15) is 81.8 Å². The van der Waals surface area contributed by atoms with Crippen molar-refractivity contribution in [1.82, 2.24) is 15.4 Å². The lowest BCUT2D eigenvalue weighted by molar-refractivity contribution is -0.200. The molecule has 2 aliphatic heterocycles. The fraction of sp³-hybridized carbons (Fsp3) is 0.615. The summed E-state index contributed by atoms with van der Waals surface area (Å²) in [5, 5.41) is 4.31. The Kier molecular flexibility index (Phi) is 8.40. The average molecular weight is 456 g/mol. The van der Waals surface area contributed by atoms with Crippen LogP contribution in [0.3, 0.4) is 0 Å². The van der Waals surface area contributed by atoms with Crippen LogP contribution in [-0.4, -0.2) is 35.8 Å². The number of carbonyl (C=O) groups is 2. The molecule has 2 atom stereocenters. The zero-order chi connectivity index (χ0) is 23.0. The molecule has 1 saturated heterocycles. The van der Waals surface area contributed by atoms with Crippen LogP contribution in [0.4, 0.5) is 0 Å². The minimum Gasteiger partial charge on any atom is -0.356 e. The SMILES string of the molecule is CC(C(=O)NCCCCCCC(=O)NOC1CCCCO1)c1cn2c3c(cccc13)CCC2. The summed E-state index contributed by atoms with van der Waals surface area (Å²) in [6, 6.07) is 6.45. The maximum atomic E-state index is 12.8. The number of amides is 2. The van der Waals surface area contributed by atoms with E-state index in [1.165, 1.54) is 16.5 Å². The maximum Gasteiger partial charge on any atom is 0.243 e. The molecular weight excluding hydrogens is 418 g/mol. The van der Waals surface area contributed by atoms with Gasteiger partial charge in [0.1, 0.15) is 0 Å². The number of hydrogen-bond acceptors (Lipinski definition) is 4. The number of aryl methyl sites for hydroxylation is 2. The Morgan fingerprint density at radius 1 is 1.18 bits per heavy atom. The van der Waals surface area contributed by atoms with E-state index in [0.29, 0.717) is 19.6 Å². The Labute approximate surface area is 196 Å². The quantitative estimate of drug-likeness (QED) is 0.390. The molecule has 7 nitrogen and oxygen atoms in total. The van der Waals surface area contributed by atoms with Crippen molar-refractivity contribution in [2.75, 3.05) is 13.2 Å². The number of para-hydroxylation sites is 1. The number of aromatic nitrogens is 1. The monoisotopic (exact) mass is 455 g/mol. The fourth-order valence-electron chi connectivity index (χ4n) is 4.89. The summed E-state index contributed by atoms with van der Waals surface area (Å²) < 4.78 is 7.74. The third kappa shape index (κ3) is 6.15. The molecule has 0 aliphatic carbocycles. The number of carbonyl (C=O) groups excluding carboxylic acids is 2. The molecule has 2 amide bonds. The number of unbranched alkanes of at least 4 members (excludes halogenated alkanes) is 3. The number of hydrogen-bond donors (Lipinski definition) is 2. The van der Waals surface area contributed by atoms with Gasteiger partial charge in [-0.15, -0.1) is 0 Å². The van der Waals surface area contributed by atoms with Gasteiger partial charge in [0.2, 0.25) is 11.8 Å². The molecule has 2 aromatic rings. The minimum atomic E-state index is -0.306. The second kappa shape index (κ2) is 11.7. The second-order valence-electron chi connectivity index (χ2n) is 9.31. The molecule has 1 fully saturated rings. The first-order valence-electron chi connectivity index (χ1n) is 12.6. The van der Waals surface area contributed by atoms with Crippen LogP contribution in [0.5, 0.6) is 0 Å². The number of ether oxygens (including phenoxy) is 1. The molecule has 1 aromatic carbocycles. The van der Waals surface area contributed by atoms with Gasteiger partial charge in [0.15, 0.2) is 6.29 Å². The molecule has 33 heavy (non-hydrogen) atoms. The molecule has 0 spiro atoms. The topological polar surface area (TPSA) is 81.6 Å². The molecule has 0 radical (unpaired) electrons. The Balaban J connectivity index is 1.11. The Morgan fingerprint density at radius 2 is 2.06 bits per heavy atom. The standard InChI is InChI=1S/C26H37N3O4/c1-19(22-18-29-16-9-11-20-10-8-12-21(22)25(20)29)26(31)27-15-6-3-2-4-13-23(30)28-33-24-14-5-7-17-32-24/h8,10,12,18-19,24H,2-7,9,11,13-17H2,1H3,(H,27,31)(H,28,30). The van der Waals surface area contributed by atoms with Crippen molar-refractivity contribution in [3.63, 3.8) is 0 Å². The second-order valence-corrected chi connectivity index (χ2v) is 9.31. The van der Waals surface area contributed by atoms with E-state index in [1.807, 2.05) is 6.92 Å². The van der Waals surface area contributed by atoms with Crippen LogP contribution in [0.2, 0.25) is 0 Å². The van der Waals surface area contributed by atoms with Gasteiger partial charge < -0.3 is 14.6 Å². The maximum absolute atomic E-state index is 12.8. The van der Waals surface area contributed by atoms with E-state index in [9.17, 15) is 9.59 Å². The van der Waals surface area contributed by atoms with Crippen molar-refractivity contribution in [3.8, 4) is 0 Å². The predicted molar refractivity (Wildman–Crippen MR) is 128 cm³/mol. The Bertz CT molecular complexity index is 948. The zero-order valence-electron chi connectivity index (χ0n) is 19.7. The largest absolute Gasteiger partial charge is 0.356 e. The van der Waals surface area contributed by atoms with Crippen LogP contribution in [0, 0.1) is 0 Å². The Hall–Kier alpha value is -2.38. The van der Waals surface area contributed by atoms with Gasteiger partial charge in [-0.1, -0.05) is 31.0 Å². The van der Waals surface area contributed by atoms with Crippen molar-refractivity contribution < 1.29 is 19.2 Å². The van der Waals surface area contributed by atoms with Crippen LogP contribution in [-0.2, 0) is 32.1 Å². The van der Waals surface area contributed by atoms with E-state index in [0.717, 1.165) is 69.9 Å². The summed E-state index contributed by atoms with van der Waals surface area (Å²) in [4.78, 5) is 29.9. The van der Waals surface area contributed by atoms with Crippen LogP contribution >= 0.6 is 0 Å². The molecule has 7 heteroatoms. The van der Waals surface area contributed by atoms with Crippen molar-refractivity contribution in [2.45, 2.75) is 89.9 Å². The summed E-state index contributed by atoms with van der Waals surface area (Å²) in [7, 11) is 0. The number of nitrogens with one attached hydrogen (secondary N) is 2. The van der Waals surface area contributed by atoms with Gasteiger partial charge in [0.05, 0.1) is 11.4 Å². The zero-order valence-corrected chi connectivity index (χ0v) is 19.7. The summed E-state index contributed by atoms with van der Waals surface area (Å²) in [5.41, 5.74) is 6.32. The van der Waals surface area contributed by atoms with Gasteiger partial charge in [0, 0.05) is 44.1 Å². The summed E-state index contributed by atoms with van der Waals surface area (Å²) in [6.07, 6.45) is 11.2. The highest BCUT2D eigenvalue weighted by molar-refractivity contribution is 5.93. The number of hydroxylamine groups is 1. The van der Waals surface area contributed by atoms with Crippen molar-refractivity contribution >= 4 is 22.7 Å². The first kappa shape index (κ1) is 23.8. The summed E-state index contributed by atoms with van der Waals surface area (Å²) >= 11 is 0. The number of benzene rings is 1. The van der Waals surface area contributed by atoms with Crippen molar-refractivity contribution in [3.05, 3.63) is 35.5 Å². The van der Waals surface area contributed by atoms with E-state index in [2.05, 4.69) is 39.8 Å². The fourth-order valence-corrected chi connectivity index (χ4v) is 4.89. The lowest BCUT2D eigenvalue weighted by Crippen LogP contribution is -2.32. The molecule has 2 aliphatic rings. The van der Waals surface area contributed by atoms with Crippen LogP contribution in [0.25, 0.3) is 10.9 Å². The highest BCUT2D eigenvalue weighted by Gasteiger charge is 2.23. The molecule has 4 rings (SSSR count). The third-order valence-electron chi connectivity index (χ3n) is 6.79. The molecule has 3 heterocycles. The first-order valence-corrected chi connectivity index (χ1v) is 12.6. The molecule has 180 valence electrons. The lowest BCUT2D eigenvalue weighted by atomic mass is 9.97. The van der Waals surface area contributed by atoms with Crippen molar-refractivity contribution in [1.29, 1.82) is 0 Å². The smallest absolute Gasteiger partial charge is 0.243 e. The van der Waals surface area contributed by atoms with E-state index >= 15 is 0 Å². The molecule has 2 N–H and O–H groups in total. The predicted octanol–water partition coefficient (Wildman–Crippen LogP) is 4.33. The lowest BCUT2D eigenvalue weighted by Gasteiger charge is -2.22. The molecule has 1 aromatic heterocycles. The number of nitrogens with zero attached hydrogens (tertiary/aromatic N) is 1. The normalized spacial score (nSPS) is 18.8. The third-order valence-corrected chi connectivity index (χ3v) is 6.79. The average Bonchev–Trinajstić information content (AvgIpc) is 3.23. The van der Waals surface area contributed by atoms with Gasteiger partial charge in [-0.25, -0.2) is 10.3 Å². The van der Waals surface area contributed by atoms with E-state index in [-0.39, 0.29) is 24.0 Å². The van der Waals surface area contributed by atoms with E-state index in [1.54, 1.807) is 0 Å². The van der Waals surface area contributed by atoms with E-state index in [4.69, 9.17) is 9.57 Å². The molecule has 0 bridgehead atoms. The molecule has 2 unspecified atom stereocenters. The van der Waals surface area contributed by atoms with Gasteiger partial charge >= 0.3 is 0 Å². The summed E-state index contributed by atoms with van der Waals surface area (Å²) in [6.45, 7) is 4.39. The van der Waals surface area contributed by atoms with Crippen LogP contribution in [0.15, 0.2) is 24.4 Å². The van der Waals surface area contributed by atoms with Gasteiger partial charge in [-0.2, -0.15) is 0 Å². The van der Waals surface area contributed by atoms with Gasteiger partial charge in [-0.3, -0.25) is 9.59 Å². The van der Waals surface area contributed by atoms with Crippen LogP contribution < -0.4 is 10.8 Å². The summed E-state index contributed by atoms with van der Waals surface area (Å²) in [5.74, 6) is -0.184.